The summed E-state index contributed by atoms with van der Waals surface area (Å²) in [4.78, 5) is 28.0. The maximum atomic E-state index is 13.5. The minimum absolute atomic E-state index is 0.118. The molecule has 0 aromatic heterocycles. The SMILES string of the molecule is CNC(=O)[C@@H](Cc1ccccc1)N(Cc1ccc(C)cc1)C(=O)Cc1cccc(Cl)c1. The fourth-order valence-electron chi connectivity index (χ4n) is 3.53. The molecule has 3 aromatic rings. The van der Waals surface area contributed by atoms with Crippen molar-refractivity contribution in [1.29, 1.82) is 0 Å². The van der Waals surface area contributed by atoms with Gasteiger partial charge < -0.3 is 10.2 Å². The topological polar surface area (TPSA) is 49.4 Å². The summed E-state index contributed by atoms with van der Waals surface area (Å²) in [5.74, 6) is -0.303. The molecule has 0 saturated carbocycles. The minimum atomic E-state index is -0.625. The third-order valence-electron chi connectivity index (χ3n) is 5.24. The van der Waals surface area contributed by atoms with Crippen molar-refractivity contribution in [2.45, 2.75) is 32.4 Å². The van der Waals surface area contributed by atoms with E-state index < -0.39 is 6.04 Å². The number of benzene rings is 3. The fraction of sp³-hybridized carbons (Fsp3) is 0.231. The van der Waals surface area contributed by atoms with Gasteiger partial charge in [0.15, 0.2) is 0 Å². The number of likely N-dealkylation sites (N-methyl/N-ethyl adjacent to an activating group) is 1. The Morgan fingerprint density at radius 3 is 2.23 bits per heavy atom. The Morgan fingerprint density at radius 2 is 1.58 bits per heavy atom. The van der Waals surface area contributed by atoms with Crippen molar-refractivity contribution in [3.05, 3.63) is 106 Å². The Balaban J connectivity index is 1.93. The van der Waals surface area contributed by atoms with Gasteiger partial charge >= 0.3 is 0 Å². The average molecular weight is 435 g/mol. The third kappa shape index (κ3) is 6.43. The summed E-state index contributed by atoms with van der Waals surface area (Å²) < 4.78 is 0. The zero-order valence-corrected chi connectivity index (χ0v) is 18.6. The van der Waals surface area contributed by atoms with Gasteiger partial charge in [-0.1, -0.05) is 83.9 Å². The van der Waals surface area contributed by atoms with E-state index in [1.165, 1.54) is 0 Å². The van der Waals surface area contributed by atoms with Gasteiger partial charge in [-0.25, -0.2) is 0 Å². The maximum absolute atomic E-state index is 13.5. The van der Waals surface area contributed by atoms with Crippen LogP contribution in [-0.4, -0.2) is 29.8 Å². The number of hydrogen-bond donors (Lipinski definition) is 1. The number of hydrogen-bond acceptors (Lipinski definition) is 2. The summed E-state index contributed by atoms with van der Waals surface area (Å²) >= 11 is 6.11. The van der Waals surface area contributed by atoms with Crippen molar-refractivity contribution in [3.63, 3.8) is 0 Å². The molecular weight excluding hydrogens is 408 g/mol. The lowest BCUT2D eigenvalue weighted by Crippen LogP contribution is -2.50. The fourth-order valence-corrected chi connectivity index (χ4v) is 3.75. The molecule has 0 radical (unpaired) electrons. The van der Waals surface area contributed by atoms with E-state index in [0.29, 0.717) is 18.0 Å². The molecule has 0 saturated heterocycles. The number of carbonyl (C=O) groups excluding carboxylic acids is 2. The zero-order chi connectivity index (χ0) is 22.2. The van der Waals surface area contributed by atoms with Crippen molar-refractivity contribution < 1.29 is 9.59 Å². The van der Waals surface area contributed by atoms with Gasteiger partial charge in [-0.3, -0.25) is 9.59 Å². The second-order valence-corrected chi connectivity index (χ2v) is 8.07. The summed E-state index contributed by atoms with van der Waals surface area (Å²) in [6.07, 6.45) is 0.613. The second kappa shape index (κ2) is 10.8. The van der Waals surface area contributed by atoms with Crippen molar-refractivity contribution in [2.75, 3.05) is 7.05 Å². The highest BCUT2D eigenvalue weighted by atomic mass is 35.5. The van der Waals surface area contributed by atoms with Gasteiger partial charge in [-0.2, -0.15) is 0 Å². The monoisotopic (exact) mass is 434 g/mol. The Kier molecular flexibility index (Phi) is 7.85. The Morgan fingerprint density at radius 1 is 0.903 bits per heavy atom. The van der Waals surface area contributed by atoms with Crippen LogP contribution in [0, 0.1) is 6.92 Å². The molecular formula is C26H27ClN2O2. The van der Waals surface area contributed by atoms with Gasteiger partial charge in [-0.15, -0.1) is 0 Å². The molecule has 5 heteroatoms. The molecule has 0 spiro atoms. The number of amides is 2. The lowest BCUT2D eigenvalue weighted by molar-refractivity contribution is -0.140. The smallest absolute Gasteiger partial charge is 0.242 e. The van der Waals surface area contributed by atoms with Crippen LogP contribution < -0.4 is 5.32 Å². The number of halogens is 1. The van der Waals surface area contributed by atoms with E-state index in [4.69, 9.17) is 11.6 Å². The molecule has 1 atom stereocenters. The molecule has 0 fully saturated rings. The summed E-state index contributed by atoms with van der Waals surface area (Å²) in [6.45, 7) is 2.37. The molecule has 160 valence electrons. The Hall–Kier alpha value is -3.11. The highest BCUT2D eigenvalue weighted by molar-refractivity contribution is 6.30. The van der Waals surface area contributed by atoms with Crippen molar-refractivity contribution in [1.82, 2.24) is 10.2 Å². The number of carbonyl (C=O) groups is 2. The Bertz CT molecular complexity index is 1020. The van der Waals surface area contributed by atoms with Crippen LogP contribution in [-0.2, 0) is 29.0 Å². The van der Waals surface area contributed by atoms with Crippen LogP contribution in [0.1, 0.15) is 22.3 Å². The van der Waals surface area contributed by atoms with Crippen LogP contribution in [0.15, 0.2) is 78.9 Å². The highest BCUT2D eigenvalue weighted by Gasteiger charge is 2.29. The molecule has 0 bridgehead atoms. The van der Waals surface area contributed by atoms with E-state index in [9.17, 15) is 9.59 Å². The van der Waals surface area contributed by atoms with Crippen LogP contribution in [0.2, 0.25) is 5.02 Å². The van der Waals surface area contributed by atoms with E-state index in [2.05, 4.69) is 5.32 Å². The molecule has 0 aliphatic carbocycles. The quantitative estimate of drug-likeness (QED) is 0.564. The summed E-state index contributed by atoms with van der Waals surface area (Å²) in [7, 11) is 1.60. The van der Waals surface area contributed by atoms with Crippen molar-refractivity contribution in [3.8, 4) is 0 Å². The van der Waals surface area contributed by atoms with Crippen molar-refractivity contribution in [2.24, 2.45) is 0 Å². The average Bonchev–Trinajstić information content (AvgIpc) is 2.77. The molecule has 3 rings (SSSR count). The molecule has 1 N–H and O–H groups in total. The highest BCUT2D eigenvalue weighted by Crippen LogP contribution is 2.18. The molecule has 0 aliphatic heterocycles. The van der Waals surface area contributed by atoms with E-state index in [1.807, 2.05) is 73.7 Å². The summed E-state index contributed by atoms with van der Waals surface area (Å²) in [6, 6.07) is 24.4. The van der Waals surface area contributed by atoms with Crippen LogP contribution in [0.5, 0.6) is 0 Å². The molecule has 3 aromatic carbocycles. The van der Waals surface area contributed by atoms with E-state index in [-0.39, 0.29) is 18.2 Å². The van der Waals surface area contributed by atoms with E-state index in [0.717, 1.165) is 22.3 Å². The lowest BCUT2D eigenvalue weighted by atomic mass is 10.0. The van der Waals surface area contributed by atoms with E-state index in [1.54, 1.807) is 24.1 Å². The van der Waals surface area contributed by atoms with Crippen molar-refractivity contribution >= 4 is 23.4 Å². The van der Waals surface area contributed by atoms with Crippen LogP contribution in [0.4, 0.5) is 0 Å². The lowest BCUT2D eigenvalue weighted by Gasteiger charge is -2.31. The molecule has 0 aliphatic rings. The van der Waals surface area contributed by atoms with Gasteiger partial charge in [0.2, 0.25) is 11.8 Å². The normalized spacial score (nSPS) is 11.6. The number of nitrogens with one attached hydrogen (secondary N) is 1. The zero-order valence-electron chi connectivity index (χ0n) is 17.8. The van der Waals surface area contributed by atoms with Crippen LogP contribution >= 0.6 is 11.6 Å². The molecule has 31 heavy (non-hydrogen) atoms. The summed E-state index contributed by atoms with van der Waals surface area (Å²) in [5, 5.41) is 3.32. The predicted molar refractivity (Wildman–Crippen MR) is 125 cm³/mol. The molecule has 4 nitrogen and oxygen atoms in total. The largest absolute Gasteiger partial charge is 0.357 e. The van der Waals surface area contributed by atoms with Gasteiger partial charge in [-0.05, 0) is 35.7 Å². The minimum Gasteiger partial charge on any atom is -0.357 e. The standard InChI is InChI=1S/C26H27ClN2O2/c1-19-11-13-21(14-12-19)18-29(25(30)17-22-9-6-10-23(27)15-22)24(26(31)28-2)16-20-7-4-3-5-8-20/h3-15,24H,16-18H2,1-2H3,(H,28,31)/t24-/m1/s1. The Labute approximate surface area is 188 Å². The van der Waals surface area contributed by atoms with Crippen LogP contribution in [0.3, 0.4) is 0 Å². The van der Waals surface area contributed by atoms with Gasteiger partial charge in [0, 0.05) is 25.0 Å². The van der Waals surface area contributed by atoms with Crippen LogP contribution in [0.25, 0.3) is 0 Å². The van der Waals surface area contributed by atoms with E-state index >= 15 is 0 Å². The molecule has 0 heterocycles. The summed E-state index contributed by atoms with van der Waals surface area (Å²) in [5.41, 5.74) is 3.95. The second-order valence-electron chi connectivity index (χ2n) is 7.63. The van der Waals surface area contributed by atoms with Gasteiger partial charge in [0.05, 0.1) is 6.42 Å². The number of aryl methyl sites for hydroxylation is 1. The number of rotatable bonds is 8. The predicted octanol–water partition coefficient (Wildman–Crippen LogP) is 4.58. The first kappa shape index (κ1) is 22.6. The first-order valence-corrected chi connectivity index (χ1v) is 10.7. The maximum Gasteiger partial charge on any atom is 0.242 e. The number of nitrogens with zero attached hydrogens (tertiary/aromatic N) is 1. The van der Waals surface area contributed by atoms with Gasteiger partial charge in [0.1, 0.15) is 6.04 Å². The first-order valence-electron chi connectivity index (χ1n) is 10.3. The molecule has 2 amide bonds. The molecule has 0 unspecified atom stereocenters. The van der Waals surface area contributed by atoms with Gasteiger partial charge in [0.25, 0.3) is 0 Å². The first-order chi connectivity index (χ1) is 15.0. The third-order valence-corrected chi connectivity index (χ3v) is 5.47.